The van der Waals surface area contributed by atoms with Crippen LogP contribution in [0.1, 0.15) is 19.4 Å². The molecule has 0 fully saturated rings. The molecule has 1 atom stereocenters. The Balaban J connectivity index is 2.77. The first kappa shape index (κ1) is 8.50. The lowest BCUT2D eigenvalue weighted by molar-refractivity contribution is 0.244. The van der Waals surface area contributed by atoms with Gasteiger partial charge in [-0.3, -0.25) is 0 Å². The topological polar surface area (TPSA) is 20.2 Å². The highest BCUT2D eigenvalue weighted by Crippen LogP contribution is 2.16. The molecule has 0 saturated heterocycles. The maximum absolute atomic E-state index is 9.05. The molecule has 0 spiro atoms. The average Bonchev–Trinajstić information content (AvgIpc) is 2.35. The molecule has 1 unspecified atom stereocenters. The Bertz CT molecular complexity index is 234. The van der Waals surface area contributed by atoms with E-state index in [4.69, 9.17) is 5.11 Å². The van der Waals surface area contributed by atoms with Gasteiger partial charge in [0, 0.05) is 0 Å². The molecule has 1 N–H and O–H groups in total. The van der Waals surface area contributed by atoms with Crippen molar-refractivity contribution in [1.29, 1.82) is 0 Å². The minimum atomic E-state index is -0.352. The monoisotopic (exact) mass is 168 g/mol. The second kappa shape index (κ2) is 3.69. The Morgan fingerprint density at radius 1 is 1.73 bits per heavy atom. The van der Waals surface area contributed by atoms with Crippen LogP contribution in [0.3, 0.4) is 0 Å². The smallest absolute Gasteiger partial charge is 0.0698 e. The molecule has 1 heterocycles. The number of rotatable bonds is 2. The summed E-state index contributed by atoms with van der Waals surface area (Å²) in [7, 11) is 0. The number of aliphatic hydroxyl groups excluding tert-OH is 1. The maximum atomic E-state index is 9.05. The minimum absolute atomic E-state index is 0.352. The largest absolute Gasteiger partial charge is 0.389 e. The van der Waals surface area contributed by atoms with Crippen molar-refractivity contribution in [2.45, 2.75) is 20.0 Å². The summed E-state index contributed by atoms with van der Waals surface area (Å²) in [4.78, 5) is 0. The number of hydrogen-bond acceptors (Lipinski definition) is 2. The van der Waals surface area contributed by atoms with Gasteiger partial charge in [0.25, 0.3) is 0 Å². The van der Waals surface area contributed by atoms with Crippen molar-refractivity contribution < 1.29 is 5.11 Å². The Hall–Kier alpha value is -0.600. The van der Waals surface area contributed by atoms with Crippen molar-refractivity contribution >= 4 is 16.9 Å². The van der Waals surface area contributed by atoms with Gasteiger partial charge >= 0.3 is 0 Å². The van der Waals surface area contributed by atoms with Gasteiger partial charge in [-0.15, -0.1) is 0 Å². The van der Waals surface area contributed by atoms with Crippen molar-refractivity contribution in [3.05, 3.63) is 28.5 Å². The fraction of sp³-hybridized carbons (Fsp3) is 0.333. The van der Waals surface area contributed by atoms with Gasteiger partial charge in [0.05, 0.1) is 6.10 Å². The van der Waals surface area contributed by atoms with Crippen molar-refractivity contribution in [2.24, 2.45) is 0 Å². The van der Waals surface area contributed by atoms with E-state index < -0.39 is 0 Å². The first-order valence-corrected chi connectivity index (χ1v) is 4.53. The third-order valence-electron chi connectivity index (χ3n) is 1.47. The number of allylic oxidation sites excluding steroid dienone is 1. The van der Waals surface area contributed by atoms with Crippen LogP contribution in [0.4, 0.5) is 0 Å². The van der Waals surface area contributed by atoms with Crippen LogP contribution >= 0.6 is 11.3 Å². The molecule has 0 aliphatic heterocycles. The van der Waals surface area contributed by atoms with Gasteiger partial charge < -0.3 is 5.11 Å². The van der Waals surface area contributed by atoms with Crippen LogP contribution in [-0.2, 0) is 0 Å². The number of hydrogen-bond donors (Lipinski definition) is 1. The van der Waals surface area contributed by atoms with Crippen LogP contribution < -0.4 is 0 Å². The summed E-state index contributed by atoms with van der Waals surface area (Å²) in [6.45, 7) is 3.77. The Kier molecular flexibility index (Phi) is 2.85. The lowest BCUT2D eigenvalue weighted by Crippen LogP contribution is -1.93. The molecule has 0 aliphatic carbocycles. The summed E-state index contributed by atoms with van der Waals surface area (Å²) in [6, 6.07) is 2.05. The van der Waals surface area contributed by atoms with E-state index in [0.717, 1.165) is 5.57 Å². The fourth-order valence-corrected chi connectivity index (χ4v) is 1.66. The number of thiophene rings is 1. The number of aliphatic hydroxyl groups is 1. The van der Waals surface area contributed by atoms with Crippen LogP contribution in [0.25, 0.3) is 5.57 Å². The Morgan fingerprint density at radius 2 is 2.45 bits per heavy atom. The Labute approximate surface area is 71.0 Å². The lowest BCUT2D eigenvalue weighted by Gasteiger charge is -1.98. The lowest BCUT2D eigenvalue weighted by atomic mass is 10.1. The van der Waals surface area contributed by atoms with Crippen LogP contribution in [0.15, 0.2) is 22.9 Å². The highest BCUT2D eigenvalue weighted by molar-refractivity contribution is 7.08. The van der Waals surface area contributed by atoms with Crippen LogP contribution in [0.5, 0.6) is 0 Å². The van der Waals surface area contributed by atoms with E-state index in [1.165, 1.54) is 5.56 Å². The molecule has 0 amide bonds. The fourth-order valence-electron chi connectivity index (χ4n) is 0.947. The SMILES string of the molecule is C/C(=C/C(C)O)c1ccsc1. The molecule has 1 aromatic rings. The molecule has 2 heteroatoms. The molecule has 1 rings (SSSR count). The molecule has 0 radical (unpaired) electrons. The van der Waals surface area contributed by atoms with Gasteiger partial charge in [0.15, 0.2) is 0 Å². The average molecular weight is 168 g/mol. The summed E-state index contributed by atoms with van der Waals surface area (Å²) in [5.74, 6) is 0. The molecular formula is C9H12OS. The van der Waals surface area contributed by atoms with Crippen molar-refractivity contribution in [1.82, 2.24) is 0 Å². The molecule has 0 bridgehead atoms. The van der Waals surface area contributed by atoms with Crippen LogP contribution in [0.2, 0.25) is 0 Å². The van der Waals surface area contributed by atoms with Crippen molar-refractivity contribution in [3.63, 3.8) is 0 Å². The zero-order valence-corrected chi connectivity index (χ0v) is 7.56. The quantitative estimate of drug-likeness (QED) is 0.719. The second-order valence-electron chi connectivity index (χ2n) is 2.60. The normalized spacial score (nSPS) is 15.0. The molecule has 0 saturated carbocycles. The molecule has 1 aromatic heterocycles. The minimum Gasteiger partial charge on any atom is -0.389 e. The third-order valence-corrected chi connectivity index (χ3v) is 2.15. The molecule has 11 heavy (non-hydrogen) atoms. The summed E-state index contributed by atoms with van der Waals surface area (Å²) < 4.78 is 0. The summed E-state index contributed by atoms with van der Waals surface area (Å²) in [5.41, 5.74) is 2.34. The highest BCUT2D eigenvalue weighted by atomic mass is 32.1. The summed E-state index contributed by atoms with van der Waals surface area (Å²) >= 11 is 1.67. The van der Waals surface area contributed by atoms with E-state index in [2.05, 4.69) is 11.4 Å². The second-order valence-corrected chi connectivity index (χ2v) is 3.38. The van der Waals surface area contributed by atoms with E-state index in [1.807, 2.05) is 18.4 Å². The van der Waals surface area contributed by atoms with E-state index >= 15 is 0 Å². The zero-order chi connectivity index (χ0) is 8.27. The van der Waals surface area contributed by atoms with Crippen LogP contribution in [-0.4, -0.2) is 11.2 Å². The molecular weight excluding hydrogens is 156 g/mol. The van der Waals surface area contributed by atoms with E-state index in [0.29, 0.717) is 0 Å². The van der Waals surface area contributed by atoms with Gasteiger partial charge in [-0.2, -0.15) is 11.3 Å². The van der Waals surface area contributed by atoms with Crippen molar-refractivity contribution in [2.75, 3.05) is 0 Å². The van der Waals surface area contributed by atoms with E-state index in [9.17, 15) is 0 Å². The van der Waals surface area contributed by atoms with Crippen LogP contribution in [0, 0.1) is 0 Å². The molecule has 1 nitrogen and oxygen atoms in total. The molecule has 0 aliphatic rings. The van der Waals surface area contributed by atoms with Gasteiger partial charge in [0.2, 0.25) is 0 Å². The van der Waals surface area contributed by atoms with Gasteiger partial charge in [-0.1, -0.05) is 6.08 Å². The summed E-state index contributed by atoms with van der Waals surface area (Å²) in [6.07, 6.45) is 1.50. The first-order chi connectivity index (χ1) is 5.20. The first-order valence-electron chi connectivity index (χ1n) is 3.59. The predicted octanol–water partition coefficient (Wildman–Crippen LogP) is 2.53. The maximum Gasteiger partial charge on any atom is 0.0698 e. The Morgan fingerprint density at radius 3 is 2.91 bits per heavy atom. The van der Waals surface area contributed by atoms with Gasteiger partial charge in [-0.05, 0) is 41.8 Å². The summed E-state index contributed by atoms with van der Waals surface area (Å²) in [5, 5.41) is 13.2. The van der Waals surface area contributed by atoms with Gasteiger partial charge in [0.1, 0.15) is 0 Å². The predicted molar refractivity (Wildman–Crippen MR) is 49.7 cm³/mol. The highest BCUT2D eigenvalue weighted by Gasteiger charge is 1.96. The zero-order valence-electron chi connectivity index (χ0n) is 6.74. The standard InChI is InChI=1S/C9H12OS/c1-7(5-8(2)10)9-3-4-11-6-9/h3-6,8,10H,1-2H3/b7-5-. The molecule has 60 valence electrons. The molecule has 0 aromatic carbocycles. The van der Waals surface area contributed by atoms with E-state index in [1.54, 1.807) is 18.3 Å². The third kappa shape index (κ3) is 2.48. The van der Waals surface area contributed by atoms with Crippen molar-refractivity contribution in [3.8, 4) is 0 Å². The van der Waals surface area contributed by atoms with Gasteiger partial charge in [-0.25, -0.2) is 0 Å². The van der Waals surface area contributed by atoms with E-state index in [-0.39, 0.29) is 6.10 Å².